The summed E-state index contributed by atoms with van der Waals surface area (Å²) >= 11 is 0. The second-order valence-electron chi connectivity index (χ2n) is 6.94. The lowest BCUT2D eigenvalue weighted by atomic mass is 10.0. The first-order chi connectivity index (χ1) is 13.6. The molecule has 0 fully saturated rings. The summed E-state index contributed by atoms with van der Waals surface area (Å²) in [7, 11) is 0. The molecule has 136 valence electrons. The number of nitrogens with two attached hydrogens (primary N) is 1. The summed E-state index contributed by atoms with van der Waals surface area (Å²) in [6.45, 7) is 2.05. The van der Waals surface area contributed by atoms with Crippen LogP contribution < -0.4 is 10.6 Å². The Morgan fingerprint density at radius 3 is 2.29 bits per heavy atom. The Morgan fingerprint density at radius 2 is 1.64 bits per heavy atom. The van der Waals surface area contributed by atoms with E-state index in [0.29, 0.717) is 0 Å². The molecule has 0 aromatic heterocycles. The highest BCUT2D eigenvalue weighted by Gasteiger charge is 2.44. The highest BCUT2D eigenvalue weighted by atomic mass is 16.5. The Kier molecular flexibility index (Phi) is 3.72. The van der Waals surface area contributed by atoms with Crippen molar-refractivity contribution in [3.8, 4) is 11.5 Å². The number of amidine groups is 1. The van der Waals surface area contributed by atoms with Gasteiger partial charge in [-0.15, -0.1) is 4.59 Å². The van der Waals surface area contributed by atoms with Crippen LogP contribution in [-0.4, -0.2) is 16.6 Å². The molecule has 2 heterocycles. The van der Waals surface area contributed by atoms with E-state index in [1.54, 1.807) is 12.4 Å². The van der Waals surface area contributed by atoms with Crippen molar-refractivity contribution in [2.45, 2.75) is 6.92 Å². The highest BCUT2D eigenvalue weighted by Crippen LogP contribution is 2.36. The molecular formula is C23H19N4O+. The molecule has 1 unspecified atom stereocenters. The second-order valence-corrected chi connectivity index (χ2v) is 6.94. The van der Waals surface area contributed by atoms with Crippen LogP contribution in [0, 0.1) is 6.92 Å². The molecule has 28 heavy (non-hydrogen) atoms. The van der Waals surface area contributed by atoms with Crippen LogP contribution in [0.2, 0.25) is 0 Å². The van der Waals surface area contributed by atoms with Gasteiger partial charge in [0.15, 0.2) is 0 Å². The fourth-order valence-corrected chi connectivity index (χ4v) is 3.36. The number of nitrogens with zero attached hydrogens (tertiary/aromatic N) is 3. The summed E-state index contributed by atoms with van der Waals surface area (Å²) in [6.07, 6.45) is 11.4. The summed E-state index contributed by atoms with van der Waals surface area (Å²) in [5.41, 5.74) is 4.95. The minimum Gasteiger partial charge on any atom is -0.457 e. The molecule has 2 aromatic carbocycles. The molecular weight excluding hydrogens is 348 g/mol. The van der Waals surface area contributed by atoms with Crippen molar-refractivity contribution in [1.29, 1.82) is 0 Å². The zero-order chi connectivity index (χ0) is 19.1. The highest BCUT2D eigenvalue weighted by molar-refractivity contribution is 6.01. The summed E-state index contributed by atoms with van der Waals surface area (Å²) in [6, 6.07) is 15.8. The summed E-state index contributed by atoms with van der Waals surface area (Å²) in [4.78, 5) is 9.11. The summed E-state index contributed by atoms with van der Waals surface area (Å²) in [5.74, 6) is 9.05. The van der Waals surface area contributed by atoms with Crippen LogP contribution >= 0.6 is 0 Å². The van der Waals surface area contributed by atoms with Crippen LogP contribution in [0.25, 0.3) is 0 Å². The maximum absolute atomic E-state index is 6.71. The SMILES string of the molecule is Cc1ccc(Oc2ccc(C3=NC(C4=CC=C4)=C4C=NC=C[N+]34N)cc2)cc1. The normalized spacial score (nSPS) is 21.9. The Bertz CT molecular complexity index is 1130. The molecule has 0 amide bonds. The van der Waals surface area contributed by atoms with E-state index in [1.807, 2.05) is 73.0 Å². The van der Waals surface area contributed by atoms with Gasteiger partial charge < -0.3 is 4.74 Å². The number of allylic oxidation sites excluding steroid dienone is 4. The first kappa shape index (κ1) is 16.6. The molecule has 0 radical (unpaired) electrons. The summed E-state index contributed by atoms with van der Waals surface area (Å²) in [5, 5.41) is 0. The molecule has 0 saturated heterocycles. The summed E-state index contributed by atoms with van der Waals surface area (Å²) < 4.78 is 5.94. The minimum atomic E-state index is 0.0161. The van der Waals surface area contributed by atoms with E-state index in [4.69, 9.17) is 15.6 Å². The number of quaternary nitrogens is 1. The third-order valence-electron chi connectivity index (χ3n) is 4.99. The van der Waals surface area contributed by atoms with Gasteiger partial charge in [-0.1, -0.05) is 35.9 Å². The number of ether oxygens (including phenoxy) is 1. The van der Waals surface area contributed by atoms with Gasteiger partial charge in [0.25, 0.3) is 5.84 Å². The van der Waals surface area contributed by atoms with Gasteiger partial charge in [0, 0.05) is 5.57 Å². The van der Waals surface area contributed by atoms with Crippen molar-refractivity contribution in [3.63, 3.8) is 0 Å². The molecule has 0 bridgehead atoms. The lowest BCUT2D eigenvalue weighted by Crippen LogP contribution is -2.53. The number of fused-ring (bicyclic) bond motifs is 1. The van der Waals surface area contributed by atoms with E-state index in [-0.39, 0.29) is 4.59 Å². The fraction of sp³-hybridized carbons (Fsp3) is 0.0435. The molecule has 5 heteroatoms. The van der Waals surface area contributed by atoms with Gasteiger partial charge >= 0.3 is 0 Å². The van der Waals surface area contributed by atoms with E-state index < -0.39 is 0 Å². The third-order valence-corrected chi connectivity index (χ3v) is 4.99. The van der Waals surface area contributed by atoms with Crippen molar-refractivity contribution < 1.29 is 9.33 Å². The van der Waals surface area contributed by atoms with Gasteiger partial charge in [0.1, 0.15) is 23.4 Å². The molecule has 5 rings (SSSR count). The molecule has 2 aromatic rings. The van der Waals surface area contributed by atoms with Gasteiger partial charge in [-0.3, -0.25) is 4.99 Å². The molecule has 2 N–H and O–H groups in total. The van der Waals surface area contributed by atoms with Crippen molar-refractivity contribution >= 4 is 12.1 Å². The van der Waals surface area contributed by atoms with Gasteiger partial charge in [0.05, 0.1) is 18.0 Å². The first-order valence-electron chi connectivity index (χ1n) is 9.09. The quantitative estimate of drug-likeness (QED) is 0.639. The monoisotopic (exact) mass is 367 g/mol. The van der Waals surface area contributed by atoms with Crippen molar-refractivity contribution in [1.82, 2.24) is 0 Å². The molecule has 1 atom stereocenters. The predicted molar refractivity (Wildman–Crippen MR) is 111 cm³/mol. The van der Waals surface area contributed by atoms with E-state index in [1.165, 1.54) is 5.56 Å². The maximum atomic E-state index is 6.71. The standard InChI is InChI=1S/C23H19N4O/c1-16-5-9-19(10-6-16)28-20-11-7-18(8-12-20)23-26-22(17-3-2-4-17)21-15-25-13-14-27(21,23)24/h2-15H,24H2,1H3/q+1. The maximum Gasteiger partial charge on any atom is 0.265 e. The van der Waals surface area contributed by atoms with Crippen molar-refractivity contribution in [2.75, 3.05) is 0 Å². The van der Waals surface area contributed by atoms with E-state index in [0.717, 1.165) is 39.9 Å². The van der Waals surface area contributed by atoms with Crippen LogP contribution in [0.3, 0.4) is 0 Å². The van der Waals surface area contributed by atoms with Crippen molar-refractivity contribution in [3.05, 3.63) is 107 Å². The van der Waals surface area contributed by atoms with Crippen LogP contribution in [0.4, 0.5) is 0 Å². The number of hydrogen-bond acceptors (Lipinski definition) is 4. The second kappa shape index (κ2) is 6.27. The van der Waals surface area contributed by atoms with Gasteiger partial charge in [0.2, 0.25) is 5.70 Å². The van der Waals surface area contributed by atoms with E-state index >= 15 is 0 Å². The molecule has 0 saturated carbocycles. The van der Waals surface area contributed by atoms with E-state index in [9.17, 15) is 0 Å². The minimum absolute atomic E-state index is 0.0161. The van der Waals surface area contributed by atoms with Gasteiger partial charge in [-0.05, 0) is 43.3 Å². The number of hydrogen-bond donors (Lipinski definition) is 1. The fourth-order valence-electron chi connectivity index (χ4n) is 3.36. The van der Waals surface area contributed by atoms with Crippen LogP contribution in [0.5, 0.6) is 11.5 Å². The van der Waals surface area contributed by atoms with E-state index in [2.05, 4.69) is 11.9 Å². The largest absolute Gasteiger partial charge is 0.457 e. The number of aliphatic imine (C=N–C) groups is 2. The molecule has 2 aliphatic heterocycles. The topological polar surface area (TPSA) is 60.0 Å². The Hall–Kier alpha value is -3.54. The number of aryl methyl sites for hydroxylation is 1. The average Bonchev–Trinajstić information content (AvgIpc) is 2.96. The zero-order valence-corrected chi connectivity index (χ0v) is 15.4. The first-order valence-corrected chi connectivity index (χ1v) is 9.09. The zero-order valence-electron chi connectivity index (χ0n) is 15.4. The van der Waals surface area contributed by atoms with Gasteiger partial charge in [-0.25, -0.2) is 0 Å². The average molecular weight is 367 g/mol. The van der Waals surface area contributed by atoms with Gasteiger partial charge in [-0.2, -0.15) is 10.8 Å². The van der Waals surface area contributed by atoms with Crippen molar-refractivity contribution in [2.24, 2.45) is 15.8 Å². The van der Waals surface area contributed by atoms with Crippen LogP contribution in [-0.2, 0) is 0 Å². The lowest BCUT2D eigenvalue weighted by molar-refractivity contribution is -0.750. The molecule has 5 nitrogen and oxygen atoms in total. The Labute approximate surface area is 163 Å². The third kappa shape index (κ3) is 2.65. The number of rotatable bonds is 4. The molecule has 0 spiro atoms. The Balaban J connectivity index is 1.45. The number of benzene rings is 2. The smallest absolute Gasteiger partial charge is 0.265 e. The molecule has 1 aliphatic carbocycles. The lowest BCUT2D eigenvalue weighted by Gasteiger charge is -2.26. The van der Waals surface area contributed by atoms with Crippen LogP contribution in [0.1, 0.15) is 11.1 Å². The predicted octanol–water partition coefficient (Wildman–Crippen LogP) is 4.50. The molecule has 3 aliphatic rings. The Morgan fingerprint density at radius 1 is 0.964 bits per heavy atom. The van der Waals surface area contributed by atoms with Crippen LogP contribution in [0.15, 0.2) is 106 Å².